The minimum Gasteiger partial charge on any atom is -0.354 e. The van der Waals surface area contributed by atoms with Gasteiger partial charge in [0, 0.05) is 20.1 Å². The maximum atomic E-state index is 11.4. The maximum Gasteiger partial charge on any atom is 0.271 e. The van der Waals surface area contributed by atoms with Crippen molar-refractivity contribution >= 4 is 17.4 Å². The van der Waals surface area contributed by atoms with Gasteiger partial charge in [-0.3, -0.25) is 4.79 Å². The second-order valence-corrected chi connectivity index (χ2v) is 4.63. The summed E-state index contributed by atoms with van der Waals surface area (Å²) in [6.07, 6.45) is 1.34. The van der Waals surface area contributed by atoms with Gasteiger partial charge >= 0.3 is 0 Å². The molecule has 0 saturated carbocycles. The van der Waals surface area contributed by atoms with Crippen molar-refractivity contribution in [1.82, 2.24) is 9.97 Å². The van der Waals surface area contributed by atoms with Crippen LogP contribution in [-0.2, 0) is 13.1 Å². The lowest BCUT2D eigenvalue weighted by atomic mass is 10.1. The summed E-state index contributed by atoms with van der Waals surface area (Å²) in [7, 11) is 1.84. The van der Waals surface area contributed by atoms with Crippen LogP contribution in [-0.4, -0.2) is 17.0 Å². The summed E-state index contributed by atoms with van der Waals surface area (Å²) < 4.78 is 0. The van der Waals surface area contributed by atoms with Crippen LogP contribution in [0.3, 0.4) is 0 Å². The number of benzene rings is 1. The number of nitrogens with two attached hydrogens (primary N) is 1. The molecule has 0 unspecified atom stereocenters. The molecule has 0 atom stereocenters. The van der Waals surface area contributed by atoms with Crippen LogP contribution in [0.15, 0.2) is 35.4 Å². The molecule has 6 heteroatoms. The van der Waals surface area contributed by atoms with Crippen LogP contribution in [0.5, 0.6) is 0 Å². The molecule has 0 aliphatic heterocycles. The van der Waals surface area contributed by atoms with Crippen molar-refractivity contribution in [2.24, 2.45) is 5.73 Å². The molecule has 0 saturated heterocycles. The molecule has 0 amide bonds. The molecule has 1 heterocycles. The lowest BCUT2D eigenvalue weighted by molar-refractivity contribution is 0.883. The van der Waals surface area contributed by atoms with E-state index in [9.17, 15) is 4.79 Å². The summed E-state index contributed by atoms with van der Waals surface area (Å²) in [5.41, 5.74) is 7.43. The molecule has 100 valence electrons. The number of aromatic amines is 1. The van der Waals surface area contributed by atoms with Crippen LogP contribution in [0.25, 0.3) is 0 Å². The van der Waals surface area contributed by atoms with Gasteiger partial charge in [-0.2, -0.15) is 0 Å². The van der Waals surface area contributed by atoms with Crippen molar-refractivity contribution in [2.75, 3.05) is 11.9 Å². The average molecular weight is 279 g/mol. The molecule has 1 aromatic carbocycles. The van der Waals surface area contributed by atoms with Gasteiger partial charge in [-0.15, -0.1) is 0 Å². The van der Waals surface area contributed by atoms with Gasteiger partial charge in [-0.05, 0) is 11.1 Å². The molecule has 0 aliphatic carbocycles. The lowest BCUT2D eigenvalue weighted by Gasteiger charge is -2.19. The van der Waals surface area contributed by atoms with Crippen molar-refractivity contribution in [3.05, 3.63) is 57.1 Å². The van der Waals surface area contributed by atoms with Gasteiger partial charge in [0.15, 0.2) is 5.82 Å². The monoisotopic (exact) mass is 278 g/mol. The van der Waals surface area contributed by atoms with Crippen molar-refractivity contribution in [3.63, 3.8) is 0 Å². The standard InChI is InChI=1S/C13H15ClN4O/c1-18(12-11(14)13(19)17-8-16-12)7-10-4-2-3-9(5-10)6-15/h2-5,8H,6-7,15H2,1H3,(H,16,17,19). The summed E-state index contributed by atoms with van der Waals surface area (Å²) in [5, 5.41) is 0.0972. The maximum absolute atomic E-state index is 11.4. The molecule has 0 radical (unpaired) electrons. The number of hydrogen-bond acceptors (Lipinski definition) is 4. The topological polar surface area (TPSA) is 75.0 Å². The number of halogens is 1. The molecule has 1 aromatic heterocycles. The second-order valence-electron chi connectivity index (χ2n) is 4.25. The van der Waals surface area contributed by atoms with E-state index in [4.69, 9.17) is 17.3 Å². The number of anilines is 1. The number of nitrogens with one attached hydrogen (secondary N) is 1. The van der Waals surface area contributed by atoms with E-state index in [0.717, 1.165) is 11.1 Å². The second kappa shape index (κ2) is 5.86. The Morgan fingerprint density at radius 3 is 2.89 bits per heavy atom. The van der Waals surface area contributed by atoms with E-state index in [1.165, 1.54) is 6.33 Å². The zero-order valence-corrected chi connectivity index (χ0v) is 11.3. The highest BCUT2D eigenvalue weighted by Crippen LogP contribution is 2.19. The van der Waals surface area contributed by atoms with Gasteiger partial charge in [0.2, 0.25) is 0 Å². The summed E-state index contributed by atoms with van der Waals surface area (Å²) >= 11 is 5.94. The fourth-order valence-electron chi connectivity index (χ4n) is 1.84. The van der Waals surface area contributed by atoms with E-state index < -0.39 is 0 Å². The van der Waals surface area contributed by atoms with Gasteiger partial charge in [0.05, 0.1) is 6.33 Å². The Morgan fingerprint density at radius 1 is 1.42 bits per heavy atom. The normalized spacial score (nSPS) is 10.5. The third-order valence-corrected chi connectivity index (χ3v) is 3.13. The van der Waals surface area contributed by atoms with Crippen molar-refractivity contribution in [2.45, 2.75) is 13.1 Å². The molecule has 19 heavy (non-hydrogen) atoms. The van der Waals surface area contributed by atoms with E-state index in [1.807, 2.05) is 36.2 Å². The zero-order chi connectivity index (χ0) is 13.8. The minimum atomic E-state index is -0.339. The van der Waals surface area contributed by atoms with Gasteiger partial charge < -0.3 is 15.6 Å². The van der Waals surface area contributed by atoms with Crippen LogP contribution in [0.2, 0.25) is 5.02 Å². The van der Waals surface area contributed by atoms with E-state index in [-0.39, 0.29) is 10.6 Å². The molecule has 5 nitrogen and oxygen atoms in total. The quantitative estimate of drug-likeness (QED) is 0.889. The molecule has 0 aliphatic rings. The highest BCUT2D eigenvalue weighted by molar-refractivity contribution is 6.32. The SMILES string of the molecule is CN(Cc1cccc(CN)c1)c1nc[nH]c(=O)c1Cl. The summed E-state index contributed by atoms with van der Waals surface area (Å²) in [5.74, 6) is 0.462. The number of rotatable bonds is 4. The predicted octanol–water partition coefficient (Wildman–Crippen LogP) is 1.52. The zero-order valence-electron chi connectivity index (χ0n) is 10.6. The molecular formula is C13H15ClN4O. The first kappa shape index (κ1) is 13.6. The van der Waals surface area contributed by atoms with Crippen LogP contribution in [0.1, 0.15) is 11.1 Å². The largest absolute Gasteiger partial charge is 0.354 e. The third kappa shape index (κ3) is 3.13. The van der Waals surface area contributed by atoms with Crippen LogP contribution in [0.4, 0.5) is 5.82 Å². The van der Waals surface area contributed by atoms with Crippen molar-refractivity contribution in [1.29, 1.82) is 0 Å². The fraction of sp³-hybridized carbons (Fsp3) is 0.231. The molecule has 2 aromatic rings. The van der Waals surface area contributed by atoms with Crippen LogP contribution < -0.4 is 16.2 Å². The predicted molar refractivity (Wildman–Crippen MR) is 76.3 cm³/mol. The third-order valence-electron chi connectivity index (χ3n) is 2.79. The lowest BCUT2D eigenvalue weighted by Crippen LogP contribution is -2.21. The number of nitrogens with zero attached hydrogens (tertiary/aromatic N) is 2. The Morgan fingerprint density at radius 2 is 2.16 bits per heavy atom. The Hall–Kier alpha value is -1.85. The molecule has 0 bridgehead atoms. The highest BCUT2D eigenvalue weighted by atomic mass is 35.5. The molecule has 0 fully saturated rings. The molecule has 0 spiro atoms. The first-order valence-corrected chi connectivity index (χ1v) is 6.22. The summed E-state index contributed by atoms with van der Waals surface area (Å²) in [6.45, 7) is 1.10. The first-order valence-electron chi connectivity index (χ1n) is 5.84. The van der Waals surface area contributed by atoms with Crippen LogP contribution in [0, 0.1) is 0 Å². The molecule has 2 rings (SSSR count). The van der Waals surface area contributed by atoms with E-state index in [1.54, 1.807) is 0 Å². The Bertz CT molecular complexity index is 626. The van der Waals surface area contributed by atoms with E-state index >= 15 is 0 Å². The first-order chi connectivity index (χ1) is 9.11. The summed E-state index contributed by atoms with van der Waals surface area (Å²) in [6, 6.07) is 7.95. The number of H-pyrrole nitrogens is 1. The van der Waals surface area contributed by atoms with Gasteiger partial charge in [-0.25, -0.2) is 4.98 Å². The smallest absolute Gasteiger partial charge is 0.271 e. The Labute approximate surface area is 116 Å². The Kier molecular flexibility index (Phi) is 4.19. The van der Waals surface area contributed by atoms with Crippen LogP contribution >= 0.6 is 11.6 Å². The highest BCUT2D eigenvalue weighted by Gasteiger charge is 2.11. The van der Waals surface area contributed by atoms with E-state index in [2.05, 4.69) is 9.97 Å². The number of hydrogen-bond donors (Lipinski definition) is 2. The van der Waals surface area contributed by atoms with Gasteiger partial charge in [0.25, 0.3) is 5.56 Å². The van der Waals surface area contributed by atoms with E-state index in [0.29, 0.717) is 18.9 Å². The molecular weight excluding hydrogens is 264 g/mol. The summed E-state index contributed by atoms with van der Waals surface area (Å²) in [4.78, 5) is 19.8. The molecule has 3 N–H and O–H groups in total. The van der Waals surface area contributed by atoms with Crippen molar-refractivity contribution in [3.8, 4) is 0 Å². The minimum absolute atomic E-state index is 0.0972. The van der Waals surface area contributed by atoms with Crippen molar-refractivity contribution < 1.29 is 0 Å². The van der Waals surface area contributed by atoms with Gasteiger partial charge in [0.1, 0.15) is 5.02 Å². The number of aromatic nitrogens is 2. The Balaban J connectivity index is 2.23. The van der Waals surface area contributed by atoms with Gasteiger partial charge in [-0.1, -0.05) is 35.9 Å². The fourth-order valence-corrected chi connectivity index (χ4v) is 2.09. The average Bonchev–Trinajstić information content (AvgIpc) is 2.42.